The maximum Gasteiger partial charge on any atom is 0.322 e. The second-order valence-electron chi connectivity index (χ2n) is 10.4. The van der Waals surface area contributed by atoms with Crippen molar-refractivity contribution in [3.8, 4) is 6.07 Å². The monoisotopic (exact) mass is 507 g/mol. The average Bonchev–Trinajstić information content (AvgIpc) is 3.64. The molecule has 0 aliphatic carbocycles. The van der Waals surface area contributed by atoms with Crippen molar-refractivity contribution in [3.63, 3.8) is 0 Å². The van der Waals surface area contributed by atoms with Gasteiger partial charge in [0, 0.05) is 36.9 Å². The summed E-state index contributed by atoms with van der Waals surface area (Å²) in [5.74, 6) is -0.133. The van der Waals surface area contributed by atoms with Gasteiger partial charge in [0.1, 0.15) is 6.04 Å². The first-order chi connectivity index (χ1) is 18.0. The number of likely N-dealkylation sites (tertiary alicyclic amines) is 2. The standard InChI is InChI=1S/C29H41N5O3/c1-3-14-33-24(19-22-10-9-21(20-30)18-27(22)33)12-11-23-7-5-16-34(23)28(35)26-8-6-15-32(26)17-13-25(31)29(36)37-4-2/h9-10,18-19,23,25-26H,3-8,11-17,31H2,1-2H3/t23-,25-,26+/m0/s1. The van der Waals surface area contributed by atoms with Crippen LogP contribution in [0.2, 0.25) is 0 Å². The number of ether oxygens (including phenoxy) is 1. The number of nitriles is 1. The van der Waals surface area contributed by atoms with E-state index in [-0.39, 0.29) is 24.0 Å². The normalized spacial score (nSPS) is 20.9. The lowest BCUT2D eigenvalue weighted by molar-refractivity contribution is -0.144. The average molecular weight is 508 g/mol. The molecular formula is C29H41N5O3. The first kappa shape index (κ1) is 27.2. The summed E-state index contributed by atoms with van der Waals surface area (Å²) in [6, 6.07) is 9.90. The summed E-state index contributed by atoms with van der Waals surface area (Å²) in [4.78, 5) is 29.9. The molecule has 0 bridgehead atoms. The summed E-state index contributed by atoms with van der Waals surface area (Å²) in [6.07, 6.45) is 7.32. The molecule has 3 atom stereocenters. The number of fused-ring (bicyclic) bond motifs is 1. The minimum absolute atomic E-state index is 0.120. The number of hydrogen-bond acceptors (Lipinski definition) is 6. The number of esters is 1. The Morgan fingerprint density at radius 1 is 1.16 bits per heavy atom. The van der Waals surface area contributed by atoms with E-state index in [4.69, 9.17) is 10.5 Å². The molecule has 1 aromatic carbocycles. The van der Waals surface area contributed by atoms with Gasteiger partial charge in [-0.25, -0.2) is 0 Å². The highest BCUT2D eigenvalue weighted by atomic mass is 16.5. The number of rotatable bonds is 11. The summed E-state index contributed by atoms with van der Waals surface area (Å²) in [7, 11) is 0. The number of carbonyl (C=O) groups is 2. The fourth-order valence-electron chi connectivity index (χ4n) is 6.05. The van der Waals surface area contributed by atoms with Crippen molar-refractivity contribution in [2.24, 2.45) is 5.73 Å². The van der Waals surface area contributed by atoms with Gasteiger partial charge in [0.05, 0.1) is 24.3 Å². The van der Waals surface area contributed by atoms with Crippen LogP contribution in [0.5, 0.6) is 0 Å². The lowest BCUT2D eigenvalue weighted by Gasteiger charge is -2.32. The highest BCUT2D eigenvalue weighted by Crippen LogP contribution is 2.29. The Morgan fingerprint density at radius 2 is 1.97 bits per heavy atom. The predicted octanol–water partition coefficient (Wildman–Crippen LogP) is 3.59. The Labute approximate surface area is 220 Å². The third-order valence-electron chi connectivity index (χ3n) is 7.93. The molecule has 37 heavy (non-hydrogen) atoms. The van der Waals surface area contributed by atoms with E-state index >= 15 is 0 Å². The first-order valence-corrected chi connectivity index (χ1v) is 14.0. The molecule has 2 aliphatic rings. The van der Waals surface area contributed by atoms with Crippen LogP contribution in [0.3, 0.4) is 0 Å². The van der Waals surface area contributed by atoms with Crippen LogP contribution in [0.1, 0.15) is 70.1 Å². The zero-order valence-electron chi connectivity index (χ0n) is 22.3. The van der Waals surface area contributed by atoms with Gasteiger partial charge >= 0.3 is 5.97 Å². The minimum Gasteiger partial charge on any atom is -0.465 e. The SMILES string of the molecule is CCCn1c(CC[C@@H]2CCCN2C(=O)[C@H]2CCCN2CC[C@H](N)C(=O)OCC)cc2ccc(C#N)cc21. The molecule has 1 aromatic heterocycles. The number of nitrogens with two attached hydrogens (primary N) is 1. The third-order valence-corrected chi connectivity index (χ3v) is 7.93. The molecule has 2 saturated heterocycles. The van der Waals surface area contributed by atoms with Crippen molar-refractivity contribution in [1.82, 2.24) is 14.4 Å². The molecule has 0 unspecified atom stereocenters. The molecule has 0 spiro atoms. The molecule has 1 amide bonds. The smallest absolute Gasteiger partial charge is 0.322 e. The fraction of sp³-hybridized carbons (Fsp3) is 0.621. The predicted molar refractivity (Wildman–Crippen MR) is 144 cm³/mol. The fourth-order valence-corrected chi connectivity index (χ4v) is 6.05. The number of aryl methyl sites for hydroxylation is 2. The van der Waals surface area contributed by atoms with Crippen LogP contribution in [0.15, 0.2) is 24.3 Å². The Kier molecular flexibility index (Phi) is 9.23. The van der Waals surface area contributed by atoms with Crippen molar-refractivity contribution >= 4 is 22.8 Å². The van der Waals surface area contributed by atoms with E-state index in [1.54, 1.807) is 6.92 Å². The van der Waals surface area contributed by atoms with Crippen molar-refractivity contribution in [1.29, 1.82) is 5.26 Å². The van der Waals surface area contributed by atoms with Crippen LogP contribution in [0.25, 0.3) is 10.9 Å². The molecule has 0 saturated carbocycles. The second kappa shape index (κ2) is 12.6. The molecule has 8 nitrogen and oxygen atoms in total. The van der Waals surface area contributed by atoms with Gasteiger partial charge in [0.15, 0.2) is 0 Å². The number of hydrogen-bond donors (Lipinski definition) is 1. The molecule has 2 N–H and O–H groups in total. The van der Waals surface area contributed by atoms with Gasteiger partial charge in [-0.3, -0.25) is 14.5 Å². The first-order valence-electron chi connectivity index (χ1n) is 14.0. The zero-order chi connectivity index (χ0) is 26.4. The Morgan fingerprint density at radius 3 is 2.73 bits per heavy atom. The summed E-state index contributed by atoms with van der Waals surface area (Å²) >= 11 is 0. The number of nitrogens with zero attached hydrogens (tertiary/aromatic N) is 4. The topological polar surface area (TPSA) is 105 Å². The largest absolute Gasteiger partial charge is 0.465 e. The van der Waals surface area contributed by atoms with E-state index in [1.807, 2.05) is 18.2 Å². The zero-order valence-corrected chi connectivity index (χ0v) is 22.3. The van der Waals surface area contributed by atoms with E-state index in [0.717, 1.165) is 70.1 Å². The van der Waals surface area contributed by atoms with Crippen LogP contribution in [0.4, 0.5) is 0 Å². The lowest BCUT2D eigenvalue weighted by Crippen LogP contribution is -2.48. The van der Waals surface area contributed by atoms with Gasteiger partial charge in [-0.15, -0.1) is 0 Å². The molecule has 200 valence electrons. The molecule has 2 fully saturated rings. The van der Waals surface area contributed by atoms with E-state index in [1.165, 1.54) is 11.1 Å². The van der Waals surface area contributed by atoms with Gasteiger partial charge < -0.3 is 19.9 Å². The van der Waals surface area contributed by atoms with Crippen LogP contribution < -0.4 is 5.73 Å². The maximum atomic E-state index is 13.7. The molecule has 8 heteroatoms. The quantitative estimate of drug-likeness (QED) is 0.466. The molecule has 3 heterocycles. The van der Waals surface area contributed by atoms with Crippen LogP contribution in [-0.4, -0.2) is 70.6 Å². The Bertz CT molecular complexity index is 1140. The Hall–Kier alpha value is -2.89. The molecule has 0 radical (unpaired) electrons. The van der Waals surface area contributed by atoms with Crippen molar-refractivity contribution in [2.45, 2.75) is 89.9 Å². The van der Waals surface area contributed by atoms with Crippen molar-refractivity contribution in [3.05, 3.63) is 35.5 Å². The van der Waals surface area contributed by atoms with Crippen LogP contribution in [0, 0.1) is 11.3 Å². The Balaban J connectivity index is 1.40. The third kappa shape index (κ3) is 6.16. The number of aromatic nitrogens is 1. The summed E-state index contributed by atoms with van der Waals surface area (Å²) in [5, 5.41) is 10.5. The van der Waals surface area contributed by atoms with Gasteiger partial charge in [0.25, 0.3) is 0 Å². The van der Waals surface area contributed by atoms with Crippen LogP contribution in [-0.2, 0) is 27.3 Å². The van der Waals surface area contributed by atoms with Gasteiger partial charge in [-0.05, 0) is 88.4 Å². The van der Waals surface area contributed by atoms with Gasteiger partial charge in [-0.1, -0.05) is 13.0 Å². The molecule has 2 aromatic rings. The van der Waals surface area contributed by atoms with Crippen molar-refractivity contribution < 1.29 is 14.3 Å². The van der Waals surface area contributed by atoms with Crippen LogP contribution >= 0.6 is 0 Å². The van der Waals surface area contributed by atoms with Gasteiger partial charge in [-0.2, -0.15) is 5.26 Å². The number of carbonyl (C=O) groups excluding carboxylic acids is 2. The number of benzene rings is 1. The molecule has 2 aliphatic heterocycles. The number of amides is 1. The van der Waals surface area contributed by atoms with E-state index in [0.29, 0.717) is 25.1 Å². The maximum absolute atomic E-state index is 13.7. The lowest BCUT2D eigenvalue weighted by atomic mass is 10.1. The second-order valence-corrected chi connectivity index (χ2v) is 10.4. The summed E-state index contributed by atoms with van der Waals surface area (Å²) in [6.45, 7) is 7.52. The van der Waals surface area contributed by atoms with E-state index < -0.39 is 6.04 Å². The molecular weight excluding hydrogens is 466 g/mol. The van der Waals surface area contributed by atoms with E-state index in [9.17, 15) is 14.9 Å². The summed E-state index contributed by atoms with van der Waals surface area (Å²) in [5.41, 5.74) is 9.09. The van der Waals surface area contributed by atoms with Crippen molar-refractivity contribution in [2.75, 3.05) is 26.2 Å². The summed E-state index contributed by atoms with van der Waals surface area (Å²) < 4.78 is 7.38. The van der Waals surface area contributed by atoms with E-state index in [2.05, 4.69) is 33.4 Å². The van der Waals surface area contributed by atoms with Gasteiger partial charge in [0.2, 0.25) is 5.91 Å². The minimum atomic E-state index is -0.644. The highest BCUT2D eigenvalue weighted by Gasteiger charge is 2.38. The molecule has 4 rings (SSSR count). The highest BCUT2D eigenvalue weighted by molar-refractivity contribution is 5.83.